The molecule has 1 N–H and O–H groups in total. The Kier molecular flexibility index (Phi) is 6.33. The zero-order valence-corrected chi connectivity index (χ0v) is 15.7. The Morgan fingerprint density at radius 2 is 1.87 bits per heavy atom. The highest BCUT2D eigenvalue weighted by atomic mass is 19.1. The molecule has 0 aliphatic heterocycles. The third-order valence-electron chi connectivity index (χ3n) is 3.93. The van der Waals surface area contributed by atoms with Crippen molar-refractivity contribution in [3.63, 3.8) is 0 Å². The zero-order valence-electron chi connectivity index (χ0n) is 15.7. The van der Waals surface area contributed by atoms with E-state index < -0.39 is 10.9 Å². The normalized spacial score (nSPS) is 10.6. The number of esters is 1. The van der Waals surface area contributed by atoms with Crippen LogP contribution in [0, 0.1) is 15.9 Å². The molecule has 0 aliphatic rings. The summed E-state index contributed by atoms with van der Waals surface area (Å²) in [6.45, 7) is 0. The topological polar surface area (TPSA) is 103 Å². The van der Waals surface area contributed by atoms with Gasteiger partial charge in [-0.15, -0.1) is 0 Å². The molecule has 0 heterocycles. The molecule has 0 atom stereocenters. The predicted octanol–water partition coefficient (Wildman–Crippen LogP) is 4.41. The molecule has 0 saturated carbocycles. The maximum atomic E-state index is 12.9. The first-order valence-electron chi connectivity index (χ1n) is 8.65. The van der Waals surface area contributed by atoms with Crippen molar-refractivity contribution in [3.8, 4) is 11.5 Å². The number of hydrogen-bond donors (Lipinski definition) is 1. The van der Waals surface area contributed by atoms with Crippen LogP contribution in [0.15, 0.2) is 71.8 Å². The molecule has 3 aromatic carbocycles. The van der Waals surface area contributed by atoms with Gasteiger partial charge >= 0.3 is 5.97 Å². The number of nitrogens with zero attached hydrogens (tertiary/aromatic N) is 2. The van der Waals surface area contributed by atoms with Crippen LogP contribution < -0.4 is 14.9 Å². The summed E-state index contributed by atoms with van der Waals surface area (Å²) in [5.41, 5.74) is 3.86. The Labute approximate surface area is 170 Å². The molecule has 0 fully saturated rings. The first kappa shape index (κ1) is 20.5. The van der Waals surface area contributed by atoms with Gasteiger partial charge in [-0.25, -0.2) is 9.18 Å². The minimum absolute atomic E-state index is 0.0420. The molecular formula is C21H16FN3O5. The Bertz CT molecular complexity index is 1100. The SMILES string of the molecule is COc1cc(C=NNc2ccc(F)cc2)ccc1OC(=O)c1cccc([N+](=O)[O-])c1. The Hall–Kier alpha value is -4.27. The minimum atomic E-state index is -0.753. The summed E-state index contributed by atoms with van der Waals surface area (Å²) in [4.78, 5) is 22.6. The Morgan fingerprint density at radius 3 is 2.57 bits per heavy atom. The van der Waals surface area contributed by atoms with Gasteiger partial charge in [0.25, 0.3) is 5.69 Å². The first-order chi connectivity index (χ1) is 14.5. The smallest absolute Gasteiger partial charge is 0.343 e. The average molecular weight is 409 g/mol. The fourth-order valence-electron chi connectivity index (χ4n) is 2.46. The van der Waals surface area contributed by atoms with Gasteiger partial charge in [0, 0.05) is 12.1 Å². The summed E-state index contributed by atoms with van der Waals surface area (Å²) in [5.74, 6) is -0.668. The second-order valence-corrected chi connectivity index (χ2v) is 5.98. The summed E-state index contributed by atoms with van der Waals surface area (Å²) in [6, 6.07) is 15.7. The van der Waals surface area contributed by atoms with Crippen molar-refractivity contribution in [2.45, 2.75) is 0 Å². The minimum Gasteiger partial charge on any atom is -0.493 e. The van der Waals surface area contributed by atoms with E-state index in [4.69, 9.17) is 9.47 Å². The summed E-state index contributed by atoms with van der Waals surface area (Å²) in [5, 5.41) is 14.9. The average Bonchev–Trinajstić information content (AvgIpc) is 2.76. The number of methoxy groups -OCH3 is 1. The van der Waals surface area contributed by atoms with Crippen molar-refractivity contribution in [2.24, 2.45) is 5.10 Å². The number of benzene rings is 3. The molecule has 0 unspecified atom stereocenters. The monoisotopic (exact) mass is 409 g/mol. The lowest BCUT2D eigenvalue weighted by Gasteiger charge is -2.10. The highest BCUT2D eigenvalue weighted by Gasteiger charge is 2.15. The van der Waals surface area contributed by atoms with E-state index in [9.17, 15) is 19.3 Å². The van der Waals surface area contributed by atoms with Gasteiger partial charge < -0.3 is 9.47 Å². The fraction of sp³-hybridized carbons (Fsp3) is 0.0476. The maximum absolute atomic E-state index is 12.9. The van der Waals surface area contributed by atoms with Crippen molar-refractivity contribution in [2.75, 3.05) is 12.5 Å². The Morgan fingerprint density at radius 1 is 1.10 bits per heavy atom. The van der Waals surface area contributed by atoms with Crippen molar-refractivity contribution < 1.29 is 23.6 Å². The number of carbonyl (C=O) groups is 1. The number of carbonyl (C=O) groups excluding carboxylic acids is 1. The first-order valence-corrected chi connectivity index (χ1v) is 8.65. The van der Waals surface area contributed by atoms with E-state index in [2.05, 4.69) is 10.5 Å². The van der Waals surface area contributed by atoms with Crippen molar-refractivity contribution in [3.05, 3.63) is 93.8 Å². The highest BCUT2D eigenvalue weighted by Crippen LogP contribution is 2.28. The lowest BCUT2D eigenvalue weighted by Crippen LogP contribution is -2.09. The Balaban J connectivity index is 1.71. The van der Waals surface area contributed by atoms with Crippen molar-refractivity contribution in [1.82, 2.24) is 0 Å². The zero-order chi connectivity index (χ0) is 21.5. The maximum Gasteiger partial charge on any atom is 0.343 e. The molecule has 3 rings (SSSR count). The fourth-order valence-corrected chi connectivity index (χ4v) is 2.46. The number of rotatable bonds is 7. The van der Waals surface area contributed by atoms with Crippen molar-refractivity contribution >= 4 is 23.6 Å². The van der Waals surface area contributed by atoms with E-state index in [-0.39, 0.29) is 28.6 Å². The number of nitro benzene ring substituents is 1. The molecular weight excluding hydrogens is 393 g/mol. The number of halogens is 1. The van der Waals surface area contributed by atoms with E-state index >= 15 is 0 Å². The molecule has 0 bridgehead atoms. The number of nitro groups is 1. The van der Waals surface area contributed by atoms with Gasteiger partial charge in [-0.1, -0.05) is 6.07 Å². The van der Waals surface area contributed by atoms with Gasteiger partial charge in [0.2, 0.25) is 0 Å². The standard InChI is InChI=1S/C21H16FN3O5/c1-29-20-11-14(13-23-24-17-8-6-16(22)7-9-17)5-10-19(20)30-21(26)15-3-2-4-18(12-15)25(27)28/h2-13,24H,1H3. The summed E-state index contributed by atoms with van der Waals surface area (Å²) in [7, 11) is 1.41. The van der Waals surface area contributed by atoms with Gasteiger partial charge in [0.15, 0.2) is 11.5 Å². The van der Waals surface area contributed by atoms with Crippen LogP contribution in [0.3, 0.4) is 0 Å². The van der Waals surface area contributed by atoms with Crippen LogP contribution in [0.5, 0.6) is 11.5 Å². The van der Waals surface area contributed by atoms with Crippen LogP contribution in [0.1, 0.15) is 15.9 Å². The molecule has 0 aromatic heterocycles. The van der Waals surface area contributed by atoms with Crippen LogP contribution in [0.25, 0.3) is 0 Å². The predicted molar refractivity (Wildman–Crippen MR) is 109 cm³/mol. The second kappa shape index (κ2) is 9.28. The van der Waals surface area contributed by atoms with Crippen molar-refractivity contribution in [1.29, 1.82) is 0 Å². The van der Waals surface area contributed by atoms with E-state index in [0.29, 0.717) is 11.3 Å². The number of ether oxygens (including phenoxy) is 2. The van der Waals surface area contributed by atoms with Crippen LogP contribution >= 0.6 is 0 Å². The molecule has 0 radical (unpaired) electrons. The van der Waals surface area contributed by atoms with Gasteiger partial charge in [-0.2, -0.15) is 5.10 Å². The van der Waals surface area contributed by atoms with Gasteiger partial charge in [0.05, 0.1) is 29.5 Å². The highest BCUT2D eigenvalue weighted by molar-refractivity contribution is 5.92. The molecule has 3 aromatic rings. The number of non-ortho nitro benzene ring substituents is 1. The molecule has 0 spiro atoms. The largest absolute Gasteiger partial charge is 0.493 e. The lowest BCUT2D eigenvalue weighted by molar-refractivity contribution is -0.384. The molecule has 0 saturated heterocycles. The van der Waals surface area contributed by atoms with Gasteiger partial charge in [-0.05, 0) is 54.1 Å². The molecule has 0 aliphatic carbocycles. The summed E-state index contributed by atoms with van der Waals surface area (Å²) in [6.07, 6.45) is 1.51. The summed E-state index contributed by atoms with van der Waals surface area (Å²) >= 11 is 0. The van der Waals surface area contributed by atoms with Crippen LogP contribution in [0.2, 0.25) is 0 Å². The number of hydrogen-bond acceptors (Lipinski definition) is 7. The quantitative estimate of drug-likeness (QED) is 0.204. The van der Waals surface area contributed by atoms with Crippen LogP contribution in [-0.4, -0.2) is 24.2 Å². The number of anilines is 1. The van der Waals surface area contributed by atoms with Crippen LogP contribution in [0.4, 0.5) is 15.8 Å². The number of nitrogens with one attached hydrogen (secondary N) is 1. The number of hydrazone groups is 1. The summed E-state index contributed by atoms with van der Waals surface area (Å²) < 4.78 is 23.5. The lowest BCUT2D eigenvalue weighted by atomic mass is 10.2. The van der Waals surface area contributed by atoms with E-state index in [1.54, 1.807) is 24.3 Å². The molecule has 30 heavy (non-hydrogen) atoms. The van der Waals surface area contributed by atoms with E-state index in [1.807, 2.05) is 0 Å². The molecule has 9 heteroatoms. The van der Waals surface area contributed by atoms with E-state index in [0.717, 1.165) is 6.07 Å². The van der Waals surface area contributed by atoms with E-state index in [1.165, 1.54) is 49.7 Å². The molecule has 0 amide bonds. The van der Waals surface area contributed by atoms with Gasteiger partial charge in [-0.3, -0.25) is 15.5 Å². The van der Waals surface area contributed by atoms with Crippen LogP contribution in [-0.2, 0) is 0 Å². The second-order valence-electron chi connectivity index (χ2n) is 5.98. The molecule has 152 valence electrons. The van der Waals surface area contributed by atoms with Gasteiger partial charge in [0.1, 0.15) is 5.82 Å². The third kappa shape index (κ3) is 5.16. The molecule has 8 nitrogen and oxygen atoms in total. The third-order valence-corrected chi connectivity index (χ3v) is 3.93.